The van der Waals surface area contributed by atoms with Gasteiger partial charge in [-0.05, 0) is 31.7 Å². The third kappa shape index (κ3) is 2.39. The Hall–Kier alpha value is -1.36. The van der Waals surface area contributed by atoms with Crippen molar-refractivity contribution in [2.75, 3.05) is 30.4 Å². The molecule has 5 heteroatoms. The highest BCUT2D eigenvalue weighted by Gasteiger charge is 2.21. The maximum atomic E-state index is 4.70. The molecule has 0 amide bonds. The summed E-state index contributed by atoms with van der Waals surface area (Å²) in [4.78, 5) is 14.1. The fourth-order valence-electron chi connectivity index (χ4n) is 2.76. The van der Waals surface area contributed by atoms with E-state index in [9.17, 15) is 0 Å². The zero-order valence-electron chi connectivity index (χ0n) is 11.7. The summed E-state index contributed by atoms with van der Waals surface area (Å²) in [5.74, 6) is 2.57. The van der Waals surface area contributed by atoms with E-state index in [0.29, 0.717) is 0 Å². The van der Waals surface area contributed by atoms with Gasteiger partial charge >= 0.3 is 0 Å². The molecule has 3 heterocycles. The Morgan fingerprint density at radius 2 is 2.26 bits per heavy atom. The van der Waals surface area contributed by atoms with Gasteiger partial charge in [0.1, 0.15) is 10.6 Å². The summed E-state index contributed by atoms with van der Waals surface area (Å²) >= 11 is 1.74. The Morgan fingerprint density at radius 3 is 3.00 bits per heavy atom. The number of thiophene rings is 1. The molecule has 1 N–H and O–H groups in total. The minimum Gasteiger partial charge on any atom is -0.357 e. The van der Waals surface area contributed by atoms with Crippen LogP contribution in [0.2, 0.25) is 0 Å². The van der Waals surface area contributed by atoms with Gasteiger partial charge in [0.2, 0.25) is 5.95 Å². The third-order valence-corrected chi connectivity index (χ3v) is 4.62. The summed E-state index contributed by atoms with van der Waals surface area (Å²) in [6.07, 6.45) is 2.58. The molecule has 0 aliphatic carbocycles. The molecule has 3 rings (SSSR count). The van der Waals surface area contributed by atoms with Gasteiger partial charge in [-0.15, -0.1) is 11.3 Å². The van der Waals surface area contributed by atoms with Crippen molar-refractivity contribution in [3.63, 3.8) is 0 Å². The highest BCUT2D eigenvalue weighted by Crippen LogP contribution is 2.33. The van der Waals surface area contributed by atoms with Crippen LogP contribution in [0, 0.1) is 12.8 Å². The smallest absolute Gasteiger partial charge is 0.225 e. The molecule has 1 fully saturated rings. The van der Waals surface area contributed by atoms with E-state index in [-0.39, 0.29) is 0 Å². The summed E-state index contributed by atoms with van der Waals surface area (Å²) in [6.45, 7) is 6.66. The maximum Gasteiger partial charge on any atom is 0.225 e. The van der Waals surface area contributed by atoms with Crippen LogP contribution in [0.1, 0.15) is 24.6 Å². The fourth-order valence-corrected chi connectivity index (χ4v) is 3.64. The first kappa shape index (κ1) is 12.7. The first-order valence-corrected chi connectivity index (χ1v) is 7.70. The van der Waals surface area contributed by atoms with Gasteiger partial charge in [-0.25, -0.2) is 4.98 Å². The van der Waals surface area contributed by atoms with Gasteiger partial charge in [0.25, 0.3) is 0 Å². The van der Waals surface area contributed by atoms with Crippen LogP contribution in [0.4, 0.5) is 11.8 Å². The van der Waals surface area contributed by atoms with Crippen LogP contribution in [-0.2, 0) is 0 Å². The van der Waals surface area contributed by atoms with Gasteiger partial charge in [0, 0.05) is 25.0 Å². The van der Waals surface area contributed by atoms with E-state index in [1.807, 2.05) is 7.05 Å². The van der Waals surface area contributed by atoms with Crippen LogP contribution in [0.15, 0.2) is 6.07 Å². The summed E-state index contributed by atoms with van der Waals surface area (Å²) in [7, 11) is 1.88. The number of hydrogen-bond donors (Lipinski definition) is 1. The van der Waals surface area contributed by atoms with Gasteiger partial charge in [0.15, 0.2) is 0 Å². The molecule has 4 nitrogen and oxygen atoms in total. The molecule has 1 atom stereocenters. The molecule has 0 spiro atoms. The van der Waals surface area contributed by atoms with E-state index in [0.717, 1.165) is 35.6 Å². The maximum absolute atomic E-state index is 4.70. The van der Waals surface area contributed by atoms with Gasteiger partial charge in [-0.1, -0.05) is 6.92 Å². The number of nitrogens with one attached hydrogen (secondary N) is 1. The Morgan fingerprint density at radius 1 is 1.42 bits per heavy atom. The van der Waals surface area contributed by atoms with Gasteiger partial charge in [0.05, 0.1) is 5.39 Å². The Labute approximate surface area is 117 Å². The van der Waals surface area contributed by atoms with Crippen LogP contribution < -0.4 is 10.2 Å². The SMILES string of the molecule is CNc1nc(N2CCCC(C)C2)c2cc(C)sc2n1. The van der Waals surface area contributed by atoms with Crippen LogP contribution in [0.25, 0.3) is 10.2 Å². The highest BCUT2D eigenvalue weighted by atomic mass is 32.1. The highest BCUT2D eigenvalue weighted by molar-refractivity contribution is 7.18. The third-order valence-electron chi connectivity index (χ3n) is 3.68. The lowest BCUT2D eigenvalue weighted by Crippen LogP contribution is -2.35. The standard InChI is InChI=1S/C14H20N4S/c1-9-5-4-6-18(8-9)12-11-7-10(2)19-13(11)17-14(15-3)16-12/h7,9H,4-6,8H2,1-3H3,(H,15,16,17). The van der Waals surface area contributed by atoms with Crippen molar-refractivity contribution >= 4 is 33.3 Å². The molecular weight excluding hydrogens is 256 g/mol. The second-order valence-corrected chi connectivity index (χ2v) is 6.62. The topological polar surface area (TPSA) is 41.1 Å². The molecule has 1 aliphatic heterocycles. The summed E-state index contributed by atoms with van der Waals surface area (Å²) in [6, 6.07) is 2.22. The number of piperidine rings is 1. The minimum atomic E-state index is 0.725. The number of rotatable bonds is 2. The molecule has 102 valence electrons. The summed E-state index contributed by atoms with van der Waals surface area (Å²) in [5.41, 5.74) is 0. The van der Waals surface area contributed by atoms with Crippen molar-refractivity contribution in [3.05, 3.63) is 10.9 Å². The van der Waals surface area contributed by atoms with Gasteiger partial charge in [-0.3, -0.25) is 0 Å². The van der Waals surface area contributed by atoms with Crippen molar-refractivity contribution in [2.24, 2.45) is 5.92 Å². The zero-order chi connectivity index (χ0) is 13.4. The first-order chi connectivity index (χ1) is 9.17. The minimum absolute atomic E-state index is 0.725. The molecule has 1 saturated heterocycles. The molecule has 2 aromatic heterocycles. The molecule has 0 bridgehead atoms. The fraction of sp³-hybridized carbons (Fsp3) is 0.571. The number of hydrogen-bond acceptors (Lipinski definition) is 5. The normalized spacial score (nSPS) is 19.9. The predicted octanol–water partition coefficient (Wildman–Crippen LogP) is 3.28. The van der Waals surface area contributed by atoms with Crippen molar-refractivity contribution < 1.29 is 0 Å². The van der Waals surface area contributed by atoms with E-state index in [2.05, 4.69) is 35.1 Å². The van der Waals surface area contributed by atoms with E-state index < -0.39 is 0 Å². The van der Waals surface area contributed by atoms with Crippen LogP contribution in [0.3, 0.4) is 0 Å². The summed E-state index contributed by atoms with van der Waals surface area (Å²) in [5, 5.41) is 4.28. The second kappa shape index (κ2) is 4.96. The van der Waals surface area contributed by atoms with Crippen LogP contribution >= 0.6 is 11.3 Å². The number of anilines is 2. The average molecular weight is 276 g/mol. The molecule has 19 heavy (non-hydrogen) atoms. The van der Waals surface area contributed by atoms with E-state index in [4.69, 9.17) is 4.98 Å². The average Bonchev–Trinajstić information content (AvgIpc) is 2.77. The lowest BCUT2D eigenvalue weighted by atomic mass is 10.0. The molecule has 0 aromatic carbocycles. The Kier molecular flexibility index (Phi) is 3.31. The lowest BCUT2D eigenvalue weighted by molar-refractivity contribution is 0.445. The molecule has 1 aliphatic rings. The molecule has 0 saturated carbocycles. The molecule has 0 radical (unpaired) electrons. The molecule has 1 unspecified atom stereocenters. The largest absolute Gasteiger partial charge is 0.357 e. The van der Waals surface area contributed by atoms with E-state index >= 15 is 0 Å². The number of aromatic nitrogens is 2. The van der Waals surface area contributed by atoms with Crippen molar-refractivity contribution in [3.8, 4) is 0 Å². The summed E-state index contributed by atoms with van der Waals surface area (Å²) < 4.78 is 0. The second-order valence-electron chi connectivity index (χ2n) is 5.39. The number of fused-ring (bicyclic) bond motifs is 1. The van der Waals surface area contributed by atoms with E-state index in [1.165, 1.54) is 23.1 Å². The first-order valence-electron chi connectivity index (χ1n) is 6.88. The van der Waals surface area contributed by atoms with Crippen LogP contribution in [-0.4, -0.2) is 30.1 Å². The predicted molar refractivity (Wildman–Crippen MR) is 82.3 cm³/mol. The van der Waals surface area contributed by atoms with Gasteiger partial charge < -0.3 is 10.2 Å². The van der Waals surface area contributed by atoms with E-state index in [1.54, 1.807) is 11.3 Å². The van der Waals surface area contributed by atoms with Crippen molar-refractivity contribution in [2.45, 2.75) is 26.7 Å². The zero-order valence-corrected chi connectivity index (χ0v) is 12.5. The van der Waals surface area contributed by atoms with Crippen LogP contribution in [0.5, 0.6) is 0 Å². The Bertz CT molecular complexity index is 592. The molecular formula is C14H20N4S. The number of aryl methyl sites for hydroxylation is 1. The quantitative estimate of drug-likeness (QED) is 0.914. The van der Waals surface area contributed by atoms with Gasteiger partial charge in [-0.2, -0.15) is 4.98 Å². The number of nitrogens with zero attached hydrogens (tertiary/aromatic N) is 3. The monoisotopic (exact) mass is 276 g/mol. The molecule has 2 aromatic rings. The van der Waals surface area contributed by atoms with Crippen molar-refractivity contribution in [1.29, 1.82) is 0 Å². The lowest BCUT2D eigenvalue weighted by Gasteiger charge is -2.32. The Balaban J connectivity index is 2.09. The van der Waals surface area contributed by atoms with Crippen molar-refractivity contribution in [1.82, 2.24) is 9.97 Å².